The highest BCUT2D eigenvalue weighted by Crippen LogP contribution is 2.27. The molecule has 1 rings (SSSR count). The molecule has 0 unspecified atom stereocenters. The van der Waals surface area contributed by atoms with Crippen LogP contribution in [0, 0.1) is 5.92 Å². The molecule has 82 valence electrons. The highest BCUT2D eigenvalue weighted by atomic mass is 35.5. The van der Waals surface area contributed by atoms with Crippen LogP contribution in [0.4, 0.5) is 0 Å². The first kappa shape index (κ1) is 12.6. The van der Waals surface area contributed by atoms with Crippen molar-refractivity contribution in [3.8, 4) is 0 Å². The van der Waals surface area contributed by atoms with Gasteiger partial charge in [0, 0.05) is 22.2 Å². The van der Waals surface area contributed by atoms with Crippen LogP contribution in [0.5, 0.6) is 0 Å². The molecule has 0 fully saturated rings. The maximum atomic E-state index is 6.07. The normalized spacial score (nSPS) is 12.3. The van der Waals surface area contributed by atoms with Crippen molar-refractivity contribution in [2.75, 3.05) is 6.54 Å². The summed E-state index contributed by atoms with van der Waals surface area (Å²) in [6.07, 6.45) is 1.98. The van der Waals surface area contributed by atoms with E-state index in [0.717, 1.165) is 11.1 Å². The van der Waals surface area contributed by atoms with Gasteiger partial charge in [-0.1, -0.05) is 54.8 Å². The van der Waals surface area contributed by atoms with Crippen molar-refractivity contribution in [3.63, 3.8) is 0 Å². The number of benzene rings is 1. The van der Waals surface area contributed by atoms with Gasteiger partial charge in [-0.2, -0.15) is 0 Å². The van der Waals surface area contributed by atoms with Crippen LogP contribution in [0.25, 0.3) is 6.08 Å². The van der Waals surface area contributed by atoms with Gasteiger partial charge in [-0.3, -0.25) is 0 Å². The van der Waals surface area contributed by atoms with Crippen molar-refractivity contribution in [1.29, 1.82) is 0 Å². The van der Waals surface area contributed by atoms with E-state index in [1.54, 1.807) is 0 Å². The van der Waals surface area contributed by atoms with Crippen LogP contribution in [0.3, 0.4) is 0 Å². The number of nitrogens with two attached hydrogens (primary N) is 1. The molecule has 0 heterocycles. The fraction of sp³-hybridized carbons (Fsp3) is 0.333. The minimum absolute atomic E-state index is 0.405. The predicted octanol–water partition coefficient (Wildman–Crippen LogP) is 3.99. The van der Waals surface area contributed by atoms with Crippen molar-refractivity contribution in [1.82, 2.24) is 0 Å². The van der Waals surface area contributed by atoms with Crippen LogP contribution >= 0.6 is 23.2 Å². The van der Waals surface area contributed by atoms with Crippen molar-refractivity contribution >= 4 is 29.3 Å². The van der Waals surface area contributed by atoms with Gasteiger partial charge in [-0.15, -0.1) is 0 Å². The lowest BCUT2D eigenvalue weighted by atomic mass is 10.0. The van der Waals surface area contributed by atoms with Gasteiger partial charge in [0.15, 0.2) is 0 Å². The van der Waals surface area contributed by atoms with Gasteiger partial charge in [-0.25, -0.2) is 0 Å². The third-order valence-electron chi connectivity index (χ3n) is 2.31. The van der Waals surface area contributed by atoms with E-state index in [0.29, 0.717) is 22.5 Å². The Labute approximate surface area is 101 Å². The van der Waals surface area contributed by atoms with Crippen LogP contribution in [-0.2, 0) is 0 Å². The molecule has 0 spiro atoms. The van der Waals surface area contributed by atoms with Crippen molar-refractivity contribution < 1.29 is 0 Å². The second-order valence-corrected chi connectivity index (χ2v) is 4.53. The predicted molar refractivity (Wildman–Crippen MR) is 68.3 cm³/mol. The zero-order chi connectivity index (χ0) is 11.4. The molecule has 2 N–H and O–H groups in total. The van der Waals surface area contributed by atoms with Gasteiger partial charge < -0.3 is 5.73 Å². The molecule has 1 aromatic rings. The van der Waals surface area contributed by atoms with Crippen molar-refractivity contribution in [3.05, 3.63) is 39.4 Å². The van der Waals surface area contributed by atoms with Crippen LogP contribution in [0.2, 0.25) is 10.0 Å². The van der Waals surface area contributed by atoms with E-state index in [-0.39, 0.29) is 0 Å². The van der Waals surface area contributed by atoms with Gasteiger partial charge in [0.25, 0.3) is 0 Å². The summed E-state index contributed by atoms with van der Waals surface area (Å²) in [5.74, 6) is 0.405. The Morgan fingerprint density at radius 3 is 2.27 bits per heavy atom. The Bertz CT molecular complexity index is 350. The zero-order valence-corrected chi connectivity index (χ0v) is 10.4. The molecule has 0 aliphatic heterocycles. The maximum Gasteiger partial charge on any atom is 0.0493 e. The molecular weight excluding hydrogens is 229 g/mol. The summed E-state index contributed by atoms with van der Waals surface area (Å²) < 4.78 is 0. The molecule has 1 nitrogen and oxygen atoms in total. The fourth-order valence-corrected chi connectivity index (χ4v) is 1.80. The summed E-state index contributed by atoms with van der Waals surface area (Å²) in [5.41, 5.74) is 7.67. The average Bonchev–Trinajstić information content (AvgIpc) is 2.17. The maximum absolute atomic E-state index is 6.07. The topological polar surface area (TPSA) is 26.0 Å². The third kappa shape index (κ3) is 3.23. The van der Waals surface area contributed by atoms with Crippen LogP contribution in [0.15, 0.2) is 23.8 Å². The number of hydrogen-bond donors (Lipinski definition) is 1. The molecule has 0 aromatic heterocycles. The molecular formula is C12H15Cl2N. The summed E-state index contributed by atoms with van der Waals surface area (Å²) in [5, 5.41) is 1.32. The Morgan fingerprint density at radius 2 is 1.87 bits per heavy atom. The first-order chi connectivity index (χ1) is 7.06. The smallest absolute Gasteiger partial charge is 0.0493 e. The number of rotatable bonds is 3. The van der Waals surface area contributed by atoms with Gasteiger partial charge in [-0.05, 0) is 18.1 Å². The Kier molecular flexibility index (Phi) is 4.65. The molecule has 0 amide bonds. The van der Waals surface area contributed by atoms with Crippen molar-refractivity contribution in [2.45, 2.75) is 13.8 Å². The molecule has 0 saturated carbocycles. The number of halogens is 2. The van der Waals surface area contributed by atoms with Crippen LogP contribution in [0.1, 0.15) is 19.4 Å². The van der Waals surface area contributed by atoms with Gasteiger partial charge in [0.2, 0.25) is 0 Å². The molecule has 0 bridgehead atoms. The summed E-state index contributed by atoms with van der Waals surface area (Å²) in [7, 11) is 0. The Hall–Kier alpha value is -0.500. The largest absolute Gasteiger partial charge is 0.327 e. The van der Waals surface area contributed by atoms with E-state index in [4.69, 9.17) is 28.9 Å². The fourth-order valence-electron chi connectivity index (χ4n) is 1.30. The average molecular weight is 244 g/mol. The Morgan fingerprint density at radius 1 is 1.33 bits per heavy atom. The second-order valence-electron chi connectivity index (χ2n) is 3.71. The van der Waals surface area contributed by atoms with Gasteiger partial charge in [0.1, 0.15) is 0 Å². The van der Waals surface area contributed by atoms with Crippen LogP contribution < -0.4 is 5.73 Å². The lowest BCUT2D eigenvalue weighted by Crippen LogP contribution is -2.08. The van der Waals surface area contributed by atoms with Gasteiger partial charge in [0.05, 0.1) is 0 Å². The summed E-state index contributed by atoms with van der Waals surface area (Å²) >= 11 is 12.1. The van der Waals surface area contributed by atoms with Crippen molar-refractivity contribution in [2.24, 2.45) is 11.7 Å². The molecule has 0 saturated heterocycles. The van der Waals surface area contributed by atoms with Crippen LogP contribution in [-0.4, -0.2) is 6.54 Å². The Balaban J connectivity index is 3.16. The summed E-state index contributed by atoms with van der Waals surface area (Å²) in [6.45, 7) is 4.73. The zero-order valence-electron chi connectivity index (χ0n) is 8.93. The van der Waals surface area contributed by atoms with E-state index in [1.165, 1.54) is 0 Å². The van der Waals surface area contributed by atoms with E-state index >= 15 is 0 Å². The third-order valence-corrected chi connectivity index (χ3v) is 2.97. The molecule has 0 atom stereocenters. The summed E-state index contributed by atoms with van der Waals surface area (Å²) in [4.78, 5) is 0. The molecule has 1 aromatic carbocycles. The van der Waals surface area contributed by atoms with E-state index in [2.05, 4.69) is 13.8 Å². The summed E-state index contributed by atoms with van der Waals surface area (Å²) in [6, 6.07) is 5.49. The first-order valence-corrected chi connectivity index (χ1v) is 5.66. The number of hydrogen-bond acceptors (Lipinski definition) is 1. The van der Waals surface area contributed by atoms with Gasteiger partial charge >= 0.3 is 0 Å². The lowest BCUT2D eigenvalue weighted by Gasteiger charge is -2.10. The minimum Gasteiger partial charge on any atom is -0.327 e. The lowest BCUT2D eigenvalue weighted by molar-refractivity contribution is 0.753. The second kappa shape index (κ2) is 5.55. The monoisotopic (exact) mass is 243 g/mol. The van der Waals surface area contributed by atoms with E-state index in [9.17, 15) is 0 Å². The quantitative estimate of drug-likeness (QED) is 0.854. The standard InChI is InChI=1S/C12H15Cl2N/c1-8(2)9(7-15)6-10-11(13)4-3-5-12(10)14/h3-6,8H,7,15H2,1-2H3. The highest BCUT2D eigenvalue weighted by molar-refractivity contribution is 6.37. The minimum atomic E-state index is 0.405. The molecule has 15 heavy (non-hydrogen) atoms. The highest BCUT2D eigenvalue weighted by Gasteiger charge is 2.06. The van der Waals surface area contributed by atoms with E-state index < -0.39 is 0 Å². The van der Waals surface area contributed by atoms with E-state index in [1.807, 2.05) is 24.3 Å². The molecule has 0 aliphatic carbocycles. The molecule has 3 heteroatoms. The molecule has 0 radical (unpaired) electrons. The first-order valence-electron chi connectivity index (χ1n) is 4.90. The molecule has 0 aliphatic rings. The SMILES string of the molecule is CC(C)C(=Cc1c(Cl)cccc1Cl)CN.